The third-order valence-electron chi connectivity index (χ3n) is 4.98. The standard InChI is InChI=1S/C20H19Br2N3O4S/c21-11-8-12-15(2-6-29-18(12)13(22)9-11)25(20(27)28)5-1-4-23-17-10-16(26)19-14(24-17)3-7-30-19/h3,7-10,15H,1-2,4-6H2,(H,27,28)(H2,23,24,26). The number of aromatic nitrogens is 1. The lowest BCUT2D eigenvalue weighted by atomic mass is 9.99. The number of nitrogens with one attached hydrogen (secondary N) is 2. The van der Waals surface area contributed by atoms with Crippen molar-refractivity contribution in [3.8, 4) is 5.75 Å². The third-order valence-corrected chi connectivity index (χ3v) is 6.96. The van der Waals surface area contributed by atoms with Crippen molar-refractivity contribution in [1.82, 2.24) is 9.88 Å². The molecule has 30 heavy (non-hydrogen) atoms. The van der Waals surface area contributed by atoms with Crippen molar-refractivity contribution in [1.29, 1.82) is 0 Å². The van der Waals surface area contributed by atoms with Crippen molar-refractivity contribution >= 4 is 65.3 Å². The average molecular weight is 557 g/mol. The van der Waals surface area contributed by atoms with Crippen LogP contribution in [0.5, 0.6) is 5.75 Å². The first-order chi connectivity index (χ1) is 14.4. The van der Waals surface area contributed by atoms with Gasteiger partial charge < -0.3 is 25.0 Å². The predicted octanol–water partition coefficient (Wildman–Crippen LogP) is 5.42. The van der Waals surface area contributed by atoms with E-state index in [2.05, 4.69) is 42.2 Å². The number of anilines is 1. The van der Waals surface area contributed by atoms with Gasteiger partial charge in [0.25, 0.3) is 0 Å². The number of halogens is 2. The van der Waals surface area contributed by atoms with E-state index in [1.54, 1.807) is 0 Å². The summed E-state index contributed by atoms with van der Waals surface area (Å²) in [5, 5.41) is 14.9. The number of carboxylic acid groups (broad SMARTS) is 1. The van der Waals surface area contributed by atoms with Gasteiger partial charge in [0, 0.05) is 35.6 Å². The molecule has 1 aliphatic rings. The fourth-order valence-corrected chi connectivity index (χ4v) is 5.79. The van der Waals surface area contributed by atoms with E-state index in [4.69, 9.17) is 4.74 Å². The van der Waals surface area contributed by atoms with Crippen LogP contribution in [0.2, 0.25) is 0 Å². The Kier molecular flexibility index (Phi) is 6.35. The molecule has 7 nitrogen and oxygen atoms in total. The molecule has 158 valence electrons. The van der Waals surface area contributed by atoms with Gasteiger partial charge in [-0.25, -0.2) is 4.79 Å². The summed E-state index contributed by atoms with van der Waals surface area (Å²) in [5.74, 6) is 1.33. The van der Waals surface area contributed by atoms with Gasteiger partial charge in [0.15, 0.2) is 0 Å². The van der Waals surface area contributed by atoms with Gasteiger partial charge in [-0.05, 0) is 45.9 Å². The minimum absolute atomic E-state index is 0.0246. The maximum absolute atomic E-state index is 12.1. The molecule has 2 aromatic heterocycles. The second-order valence-electron chi connectivity index (χ2n) is 6.93. The van der Waals surface area contributed by atoms with Crippen molar-refractivity contribution in [3.63, 3.8) is 0 Å². The number of nitrogens with zero attached hydrogens (tertiary/aromatic N) is 1. The number of hydrogen-bond acceptors (Lipinski definition) is 5. The molecule has 4 rings (SSSR count). The highest BCUT2D eigenvalue weighted by Crippen LogP contribution is 2.42. The molecule has 0 saturated heterocycles. The molecule has 3 aromatic rings. The van der Waals surface area contributed by atoms with E-state index in [-0.39, 0.29) is 11.5 Å². The maximum atomic E-state index is 12.1. The fourth-order valence-electron chi connectivity index (χ4n) is 3.66. The first kappa shape index (κ1) is 21.2. The lowest BCUT2D eigenvalue weighted by Gasteiger charge is -2.34. The van der Waals surface area contributed by atoms with Gasteiger partial charge in [0.05, 0.1) is 27.3 Å². The quantitative estimate of drug-likeness (QED) is 0.352. The van der Waals surface area contributed by atoms with E-state index in [0.717, 1.165) is 20.0 Å². The van der Waals surface area contributed by atoms with Crippen molar-refractivity contribution in [2.75, 3.05) is 25.0 Å². The predicted molar refractivity (Wildman–Crippen MR) is 125 cm³/mol. The van der Waals surface area contributed by atoms with Crippen molar-refractivity contribution in [3.05, 3.63) is 54.4 Å². The second kappa shape index (κ2) is 8.99. The Hall–Kier alpha value is -2.04. The highest BCUT2D eigenvalue weighted by atomic mass is 79.9. The number of fused-ring (bicyclic) bond motifs is 2. The van der Waals surface area contributed by atoms with Gasteiger partial charge in [-0.3, -0.25) is 4.79 Å². The summed E-state index contributed by atoms with van der Waals surface area (Å²) in [6.07, 6.45) is 0.229. The summed E-state index contributed by atoms with van der Waals surface area (Å²) in [4.78, 5) is 28.8. The molecule has 3 heterocycles. The van der Waals surface area contributed by atoms with E-state index >= 15 is 0 Å². The number of carbonyl (C=O) groups is 1. The Morgan fingerprint density at radius 3 is 3.00 bits per heavy atom. The summed E-state index contributed by atoms with van der Waals surface area (Å²) in [7, 11) is 0. The molecule has 3 N–H and O–H groups in total. The zero-order chi connectivity index (χ0) is 21.3. The van der Waals surface area contributed by atoms with Crippen molar-refractivity contribution in [2.24, 2.45) is 0 Å². The molecule has 1 aliphatic heterocycles. The molecule has 0 spiro atoms. The van der Waals surface area contributed by atoms with Gasteiger partial charge in [-0.15, -0.1) is 11.3 Å². The molecule has 0 saturated carbocycles. The summed E-state index contributed by atoms with van der Waals surface area (Å²) >= 11 is 8.38. The normalized spacial score (nSPS) is 15.5. The van der Waals surface area contributed by atoms with Crippen LogP contribution < -0.4 is 15.5 Å². The Bertz CT molecular complexity index is 1150. The van der Waals surface area contributed by atoms with E-state index in [9.17, 15) is 14.7 Å². The lowest BCUT2D eigenvalue weighted by molar-refractivity contribution is 0.106. The first-order valence-electron chi connectivity index (χ1n) is 9.40. The van der Waals surface area contributed by atoms with Crippen molar-refractivity contribution in [2.45, 2.75) is 18.9 Å². The largest absolute Gasteiger partial charge is 0.492 e. The van der Waals surface area contributed by atoms with Crippen LogP contribution in [0, 0.1) is 0 Å². The van der Waals surface area contributed by atoms with Crippen LogP contribution in [0.25, 0.3) is 10.2 Å². The van der Waals surface area contributed by atoms with Crippen molar-refractivity contribution < 1.29 is 14.6 Å². The third kappa shape index (κ3) is 4.35. The number of pyridine rings is 1. The molecule has 10 heteroatoms. The molecule has 0 bridgehead atoms. The summed E-state index contributed by atoms with van der Waals surface area (Å²) in [5.41, 5.74) is 1.63. The van der Waals surface area contributed by atoms with Gasteiger partial charge in [0.2, 0.25) is 5.43 Å². The Labute approximate surface area is 193 Å². The van der Waals surface area contributed by atoms with E-state index in [1.807, 2.05) is 23.6 Å². The van der Waals surface area contributed by atoms with Gasteiger partial charge in [-0.1, -0.05) is 15.9 Å². The molecule has 1 unspecified atom stereocenters. The highest BCUT2D eigenvalue weighted by molar-refractivity contribution is 9.11. The van der Waals surface area contributed by atoms with Crippen LogP contribution in [0.3, 0.4) is 0 Å². The minimum atomic E-state index is -0.961. The van der Waals surface area contributed by atoms with E-state index < -0.39 is 6.09 Å². The zero-order valence-corrected chi connectivity index (χ0v) is 19.8. The number of ether oxygens (including phenoxy) is 1. The summed E-state index contributed by atoms with van der Waals surface area (Å²) < 4.78 is 8.13. The van der Waals surface area contributed by atoms with Crippen LogP contribution in [0.4, 0.5) is 10.6 Å². The lowest BCUT2D eigenvalue weighted by Crippen LogP contribution is -2.37. The SMILES string of the molecule is O=C(O)N(CCCNc1cc(=O)c2sccc2[nH]1)C1CCOc2c(Br)cc(Br)cc21. The Morgan fingerprint density at radius 2 is 2.20 bits per heavy atom. The zero-order valence-electron chi connectivity index (χ0n) is 15.8. The topological polar surface area (TPSA) is 94.7 Å². The smallest absolute Gasteiger partial charge is 0.407 e. The summed E-state index contributed by atoms with van der Waals surface area (Å²) in [6.45, 7) is 1.36. The molecule has 1 atom stereocenters. The molecular weight excluding hydrogens is 538 g/mol. The molecule has 1 aromatic carbocycles. The molecule has 1 amide bonds. The minimum Gasteiger partial charge on any atom is -0.492 e. The van der Waals surface area contributed by atoms with Crippen LogP contribution in [-0.2, 0) is 0 Å². The average Bonchev–Trinajstić information content (AvgIpc) is 3.17. The molecule has 0 fully saturated rings. The summed E-state index contributed by atoms with van der Waals surface area (Å²) in [6, 6.07) is 6.94. The molecule has 0 aliphatic carbocycles. The van der Waals surface area contributed by atoms with E-state index in [1.165, 1.54) is 22.3 Å². The van der Waals surface area contributed by atoms with Gasteiger partial charge in [-0.2, -0.15) is 0 Å². The van der Waals surface area contributed by atoms with Crippen LogP contribution >= 0.6 is 43.2 Å². The van der Waals surface area contributed by atoms with Crippen LogP contribution in [-0.4, -0.2) is 40.8 Å². The maximum Gasteiger partial charge on any atom is 0.407 e. The second-order valence-corrected chi connectivity index (χ2v) is 9.61. The number of H-pyrrole nitrogens is 1. The van der Waals surface area contributed by atoms with Crippen LogP contribution in [0.1, 0.15) is 24.4 Å². The highest BCUT2D eigenvalue weighted by Gasteiger charge is 2.31. The monoisotopic (exact) mass is 555 g/mol. The number of hydrogen-bond donors (Lipinski definition) is 3. The fraction of sp³-hybridized carbons (Fsp3) is 0.300. The first-order valence-corrected chi connectivity index (χ1v) is 11.9. The number of amides is 1. The number of benzene rings is 1. The molecule has 0 radical (unpaired) electrons. The van der Waals surface area contributed by atoms with E-state index in [0.29, 0.717) is 48.8 Å². The number of thiophene rings is 1. The van der Waals surface area contributed by atoms with Gasteiger partial charge in [0.1, 0.15) is 11.6 Å². The Balaban J connectivity index is 1.44. The Morgan fingerprint density at radius 1 is 1.37 bits per heavy atom. The van der Waals surface area contributed by atoms with Gasteiger partial charge >= 0.3 is 6.09 Å². The number of rotatable bonds is 6. The molecular formula is C20H19Br2N3O4S. The van der Waals surface area contributed by atoms with Crippen LogP contribution in [0.15, 0.2) is 43.4 Å². The number of aromatic amines is 1.